The molecule has 160 valence electrons. The van der Waals surface area contributed by atoms with Crippen LogP contribution in [0.25, 0.3) is 0 Å². The molecule has 2 atom stereocenters. The van der Waals surface area contributed by atoms with Crippen molar-refractivity contribution in [3.05, 3.63) is 41.6 Å². The fraction of sp³-hybridized carbons (Fsp3) is 0.409. The fourth-order valence-corrected chi connectivity index (χ4v) is 4.58. The van der Waals surface area contributed by atoms with Gasteiger partial charge in [-0.15, -0.1) is 0 Å². The lowest BCUT2D eigenvalue weighted by Crippen LogP contribution is -2.56. The number of carbonyl (C=O) groups is 2. The van der Waals surface area contributed by atoms with E-state index in [1.807, 2.05) is 30.0 Å². The lowest BCUT2D eigenvalue weighted by molar-refractivity contribution is -0.133. The molecule has 2 aliphatic rings. The van der Waals surface area contributed by atoms with Crippen molar-refractivity contribution < 1.29 is 9.59 Å². The molecule has 2 aromatic rings. The minimum absolute atomic E-state index is 0.0666. The smallest absolute Gasteiger partial charge is 0.248 e. The van der Waals surface area contributed by atoms with Crippen LogP contribution in [0.3, 0.4) is 0 Å². The highest BCUT2D eigenvalue weighted by atomic mass is 16.2. The van der Waals surface area contributed by atoms with Gasteiger partial charge >= 0.3 is 0 Å². The van der Waals surface area contributed by atoms with Gasteiger partial charge in [0.15, 0.2) is 0 Å². The standard InChI is InChI=1S/C22H25N7O2/c1-2-14-11-15(3-6-18(14)21(24)31)26-22-25-10-8-19(27-22)28-12-16-4-5-17(13-28)29(16)20(30)7-9-23/h3,6,8,10-11,16-17H,2,4-5,7,12-13H2,1H3,(H2,24,31)(H,25,26,27). The number of hydrogen-bond donors (Lipinski definition) is 2. The number of primary amides is 1. The van der Waals surface area contributed by atoms with Gasteiger partial charge < -0.3 is 20.9 Å². The summed E-state index contributed by atoms with van der Waals surface area (Å²) in [5.74, 6) is 0.738. The normalized spacial score (nSPS) is 19.7. The molecule has 2 saturated heterocycles. The number of hydrogen-bond acceptors (Lipinski definition) is 7. The van der Waals surface area contributed by atoms with Crippen molar-refractivity contribution in [2.24, 2.45) is 5.73 Å². The summed E-state index contributed by atoms with van der Waals surface area (Å²) in [5.41, 5.74) is 7.60. The van der Waals surface area contributed by atoms with Crippen LogP contribution in [0.15, 0.2) is 30.5 Å². The molecule has 2 unspecified atom stereocenters. The highest BCUT2D eigenvalue weighted by molar-refractivity contribution is 5.94. The van der Waals surface area contributed by atoms with Crippen LogP contribution in [-0.2, 0) is 11.2 Å². The van der Waals surface area contributed by atoms with Crippen molar-refractivity contribution >= 4 is 29.3 Å². The fourth-order valence-electron chi connectivity index (χ4n) is 4.58. The summed E-state index contributed by atoms with van der Waals surface area (Å²) < 4.78 is 0. The molecular formula is C22H25N7O2. The number of aryl methyl sites for hydroxylation is 1. The van der Waals surface area contributed by atoms with Crippen molar-refractivity contribution in [3.8, 4) is 6.07 Å². The molecule has 2 fully saturated rings. The molecule has 1 aromatic heterocycles. The Bertz CT molecular complexity index is 1030. The molecule has 2 aliphatic heterocycles. The molecule has 2 bridgehead atoms. The maximum Gasteiger partial charge on any atom is 0.248 e. The van der Waals surface area contributed by atoms with Crippen molar-refractivity contribution in [1.29, 1.82) is 5.26 Å². The predicted molar refractivity (Wildman–Crippen MR) is 116 cm³/mol. The van der Waals surface area contributed by atoms with E-state index in [2.05, 4.69) is 20.2 Å². The third-order valence-corrected chi connectivity index (χ3v) is 5.97. The van der Waals surface area contributed by atoms with Crippen LogP contribution in [0, 0.1) is 11.3 Å². The Hall–Kier alpha value is -3.67. The van der Waals surface area contributed by atoms with Crippen LogP contribution in [0.4, 0.5) is 17.5 Å². The molecule has 4 rings (SSSR count). The molecule has 0 saturated carbocycles. The Morgan fingerprint density at radius 2 is 2.00 bits per heavy atom. The topological polar surface area (TPSA) is 128 Å². The Morgan fingerprint density at radius 1 is 1.26 bits per heavy atom. The number of benzene rings is 1. The number of carbonyl (C=O) groups excluding carboxylic acids is 2. The molecule has 31 heavy (non-hydrogen) atoms. The van der Waals surface area contributed by atoms with Gasteiger partial charge in [0.1, 0.15) is 12.2 Å². The average molecular weight is 419 g/mol. The molecule has 1 aromatic carbocycles. The summed E-state index contributed by atoms with van der Waals surface area (Å²) in [4.78, 5) is 36.9. The minimum atomic E-state index is -0.441. The van der Waals surface area contributed by atoms with E-state index in [0.717, 1.165) is 29.9 Å². The number of nitrogens with two attached hydrogens (primary N) is 1. The molecule has 3 heterocycles. The monoisotopic (exact) mass is 419 g/mol. The first-order valence-electron chi connectivity index (χ1n) is 10.5. The van der Waals surface area contributed by atoms with E-state index >= 15 is 0 Å². The first-order valence-corrected chi connectivity index (χ1v) is 10.5. The highest BCUT2D eigenvalue weighted by Gasteiger charge is 2.42. The number of piperazine rings is 1. The summed E-state index contributed by atoms with van der Waals surface area (Å²) in [6.07, 6.45) is 4.22. The summed E-state index contributed by atoms with van der Waals surface area (Å²) >= 11 is 0. The molecule has 9 nitrogen and oxygen atoms in total. The number of anilines is 3. The van der Waals surface area contributed by atoms with Gasteiger partial charge in [0.05, 0.1) is 6.07 Å². The summed E-state index contributed by atoms with van der Waals surface area (Å²) in [6, 6.07) is 9.44. The highest BCUT2D eigenvalue weighted by Crippen LogP contribution is 2.33. The first kappa shape index (κ1) is 20.6. The van der Waals surface area contributed by atoms with Gasteiger partial charge in [-0.2, -0.15) is 10.2 Å². The second-order valence-corrected chi connectivity index (χ2v) is 7.88. The largest absolute Gasteiger partial charge is 0.366 e. The third-order valence-electron chi connectivity index (χ3n) is 5.97. The van der Waals surface area contributed by atoms with E-state index in [9.17, 15) is 9.59 Å². The van der Waals surface area contributed by atoms with Gasteiger partial charge in [-0.05, 0) is 49.1 Å². The maximum atomic E-state index is 12.3. The van der Waals surface area contributed by atoms with Crippen LogP contribution >= 0.6 is 0 Å². The quantitative estimate of drug-likeness (QED) is 0.732. The van der Waals surface area contributed by atoms with Crippen molar-refractivity contribution in [2.45, 2.75) is 44.7 Å². The first-order chi connectivity index (χ1) is 15.0. The third kappa shape index (κ3) is 4.14. The zero-order valence-electron chi connectivity index (χ0n) is 17.4. The van der Waals surface area contributed by atoms with E-state index in [4.69, 9.17) is 11.0 Å². The molecule has 2 amide bonds. The second kappa shape index (κ2) is 8.60. The van der Waals surface area contributed by atoms with E-state index in [0.29, 0.717) is 31.0 Å². The molecule has 0 spiro atoms. The number of aromatic nitrogens is 2. The van der Waals surface area contributed by atoms with Gasteiger partial charge in [0, 0.05) is 42.6 Å². The number of nitriles is 1. The van der Waals surface area contributed by atoms with E-state index in [1.165, 1.54) is 0 Å². The summed E-state index contributed by atoms with van der Waals surface area (Å²) in [7, 11) is 0. The molecule has 0 radical (unpaired) electrons. The number of nitrogens with one attached hydrogen (secondary N) is 1. The van der Waals surface area contributed by atoms with Crippen LogP contribution < -0.4 is 16.0 Å². The zero-order chi connectivity index (χ0) is 22.0. The van der Waals surface area contributed by atoms with Gasteiger partial charge in [0.2, 0.25) is 17.8 Å². The van der Waals surface area contributed by atoms with Gasteiger partial charge in [-0.1, -0.05) is 6.92 Å². The Kier molecular flexibility index (Phi) is 5.71. The predicted octanol–water partition coefficient (Wildman–Crippen LogP) is 1.97. The van der Waals surface area contributed by atoms with Crippen molar-refractivity contribution in [1.82, 2.24) is 14.9 Å². The van der Waals surface area contributed by atoms with E-state index in [1.54, 1.807) is 18.3 Å². The van der Waals surface area contributed by atoms with Crippen LogP contribution in [0.5, 0.6) is 0 Å². The Balaban J connectivity index is 1.49. The lowest BCUT2D eigenvalue weighted by atomic mass is 10.0. The molecule has 9 heteroatoms. The number of rotatable bonds is 6. The number of fused-ring (bicyclic) bond motifs is 2. The van der Waals surface area contributed by atoms with Crippen LogP contribution in [0.1, 0.15) is 42.1 Å². The van der Waals surface area contributed by atoms with Crippen molar-refractivity contribution in [3.63, 3.8) is 0 Å². The van der Waals surface area contributed by atoms with E-state index < -0.39 is 5.91 Å². The molecule has 3 N–H and O–H groups in total. The maximum absolute atomic E-state index is 12.3. The number of amides is 2. The SMILES string of the molecule is CCc1cc(Nc2nccc(N3CC4CCC(C3)N4C(=O)CC#N)n2)ccc1C(N)=O. The minimum Gasteiger partial charge on any atom is -0.366 e. The van der Waals surface area contributed by atoms with Crippen molar-refractivity contribution in [2.75, 3.05) is 23.3 Å². The Morgan fingerprint density at radius 3 is 2.65 bits per heavy atom. The second-order valence-electron chi connectivity index (χ2n) is 7.88. The van der Waals surface area contributed by atoms with Gasteiger partial charge in [-0.3, -0.25) is 9.59 Å². The summed E-state index contributed by atoms with van der Waals surface area (Å²) in [6.45, 7) is 3.35. The van der Waals surface area contributed by atoms with Crippen LogP contribution in [-0.4, -0.2) is 51.9 Å². The lowest BCUT2D eigenvalue weighted by Gasteiger charge is -2.41. The average Bonchev–Trinajstić information content (AvgIpc) is 3.03. The van der Waals surface area contributed by atoms with Crippen LogP contribution in [0.2, 0.25) is 0 Å². The number of nitrogens with zero attached hydrogens (tertiary/aromatic N) is 5. The van der Waals surface area contributed by atoms with Gasteiger partial charge in [0.25, 0.3) is 0 Å². The van der Waals surface area contributed by atoms with E-state index in [-0.39, 0.29) is 24.4 Å². The Labute approximate surface area is 180 Å². The molecular weight excluding hydrogens is 394 g/mol. The zero-order valence-corrected chi connectivity index (χ0v) is 17.4. The summed E-state index contributed by atoms with van der Waals surface area (Å²) in [5, 5.41) is 12.1. The molecule has 0 aliphatic carbocycles. The van der Waals surface area contributed by atoms with Gasteiger partial charge in [-0.25, -0.2) is 4.98 Å².